The Labute approximate surface area is 143 Å². The van der Waals surface area contributed by atoms with E-state index in [-0.39, 0.29) is 17.4 Å². The molecule has 1 aromatic carbocycles. The maximum Gasteiger partial charge on any atom is 0.287 e. The molecular formula is C18H18N2O5. The molecule has 0 spiro atoms. The van der Waals surface area contributed by atoms with Crippen molar-refractivity contribution in [3.8, 4) is 11.5 Å². The maximum atomic E-state index is 12.3. The number of furan rings is 1. The first-order chi connectivity index (χ1) is 12.0. The molecule has 7 heteroatoms. The van der Waals surface area contributed by atoms with E-state index >= 15 is 0 Å². The number of carbonyl (C=O) groups is 1. The van der Waals surface area contributed by atoms with Crippen LogP contribution in [0.1, 0.15) is 16.2 Å². The zero-order valence-corrected chi connectivity index (χ0v) is 13.9. The first kappa shape index (κ1) is 16.6. The highest BCUT2D eigenvalue weighted by Gasteiger charge is 2.14. The smallest absolute Gasteiger partial charge is 0.287 e. The number of nitrogens with one attached hydrogen (secondary N) is 1. The molecule has 0 fully saturated rings. The Kier molecular flexibility index (Phi) is 4.47. The summed E-state index contributed by atoms with van der Waals surface area (Å²) in [4.78, 5) is 23.6. The molecule has 3 aromatic rings. The number of benzene rings is 1. The molecule has 0 radical (unpaired) electrons. The van der Waals surface area contributed by atoms with Gasteiger partial charge >= 0.3 is 0 Å². The number of hydrogen-bond acceptors (Lipinski definition) is 5. The van der Waals surface area contributed by atoms with Crippen LogP contribution in [0.5, 0.6) is 11.5 Å². The third-order valence-electron chi connectivity index (χ3n) is 4.00. The van der Waals surface area contributed by atoms with Gasteiger partial charge in [-0.1, -0.05) is 12.1 Å². The van der Waals surface area contributed by atoms with Crippen molar-refractivity contribution >= 4 is 16.9 Å². The molecule has 1 amide bonds. The molecule has 2 aromatic heterocycles. The Morgan fingerprint density at radius 2 is 2.16 bits per heavy atom. The number of aromatic nitrogens is 1. The van der Waals surface area contributed by atoms with Gasteiger partial charge in [0, 0.05) is 30.7 Å². The second-order valence-electron chi connectivity index (χ2n) is 5.55. The van der Waals surface area contributed by atoms with E-state index in [1.807, 2.05) is 12.1 Å². The van der Waals surface area contributed by atoms with E-state index in [1.54, 1.807) is 36.9 Å². The fourth-order valence-corrected chi connectivity index (χ4v) is 2.59. The van der Waals surface area contributed by atoms with Crippen LogP contribution in [-0.4, -0.2) is 29.2 Å². The Balaban J connectivity index is 1.69. The van der Waals surface area contributed by atoms with Crippen molar-refractivity contribution in [2.75, 3.05) is 13.7 Å². The quantitative estimate of drug-likeness (QED) is 0.740. The van der Waals surface area contributed by atoms with Crippen LogP contribution >= 0.6 is 0 Å². The predicted molar refractivity (Wildman–Crippen MR) is 92.2 cm³/mol. The summed E-state index contributed by atoms with van der Waals surface area (Å²) in [6.45, 7) is 2.37. The van der Waals surface area contributed by atoms with Crippen molar-refractivity contribution in [2.45, 2.75) is 13.5 Å². The first-order valence-corrected chi connectivity index (χ1v) is 7.75. The number of nitrogens with zero attached hydrogens (tertiary/aromatic N) is 1. The van der Waals surface area contributed by atoms with Gasteiger partial charge in [-0.05, 0) is 19.1 Å². The van der Waals surface area contributed by atoms with E-state index in [4.69, 9.17) is 9.15 Å². The van der Waals surface area contributed by atoms with Crippen LogP contribution in [0.2, 0.25) is 0 Å². The van der Waals surface area contributed by atoms with Crippen molar-refractivity contribution < 1.29 is 19.1 Å². The molecule has 0 atom stereocenters. The number of fused-ring (bicyclic) bond motifs is 1. The number of para-hydroxylation sites is 1. The molecule has 7 nitrogen and oxygen atoms in total. The summed E-state index contributed by atoms with van der Waals surface area (Å²) in [6, 6.07) is 8.37. The van der Waals surface area contributed by atoms with Gasteiger partial charge in [0.1, 0.15) is 0 Å². The van der Waals surface area contributed by atoms with Crippen molar-refractivity contribution in [1.29, 1.82) is 0 Å². The van der Waals surface area contributed by atoms with E-state index < -0.39 is 5.43 Å². The Morgan fingerprint density at radius 3 is 2.92 bits per heavy atom. The lowest BCUT2D eigenvalue weighted by molar-refractivity contribution is 0.0926. The topological polar surface area (TPSA) is 93.7 Å². The monoisotopic (exact) mass is 342 g/mol. The van der Waals surface area contributed by atoms with Crippen molar-refractivity contribution in [3.63, 3.8) is 0 Å². The van der Waals surface area contributed by atoms with Crippen LogP contribution < -0.4 is 15.5 Å². The fourth-order valence-electron chi connectivity index (χ4n) is 2.59. The Bertz CT molecular complexity index is 987. The minimum Gasteiger partial charge on any atom is -0.503 e. The van der Waals surface area contributed by atoms with Gasteiger partial charge in [0.15, 0.2) is 22.8 Å². The summed E-state index contributed by atoms with van der Waals surface area (Å²) in [5.74, 6) is 0.134. The summed E-state index contributed by atoms with van der Waals surface area (Å²) in [5.41, 5.74) is 0.556. The highest BCUT2D eigenvalue weighted by atomic mass is 16.5. The van der Waals surface area contributed by atoms with Crippen LogP contribution in [0.4, 0.5) is 0 Å². The molecular weight excluding hydrogens is 324 g/mol. The van der Waals surface area contributed by atoms with E-state index in [2.05, 4.69) is 5.32 Å². The molecule has 3 rings (SSSR count). The van der Waals surface area contributed by atoms with E-state index in [9.17, 15) is 14.7 Å². The number of aromatic hydroxyl groups is 1. The Morgan fingerprint density at radius 1 is 1.36 bits per heavy atom. The van der Waals surface area contributed by atoms with Crippen LogP contribution in [0.3, 0.4) is 0 Å². The highest BCUT2D eigenvalue weighted by Crippen LogP contribution is 2.28. The maximum absolute atomic E-state index is 12.3. The number of methoxy groups -OCH3 is 1. The lowest BCUT2D eigenvalue weighted by atomic mass is 10.2. The van der Waals surface area contributed by atoms with Crippen LogP contribution in [-0.2, 0) is 6.54 Å². The average Bonchev–Trinajstić information content (AvgIpc) is 3.06. The summed E-state index contributed by atoms with van der Waals surface area (Å²) < 4.78 is 12.5. The SMILES string of the molecule is COc1cccc2cc(C(=O)NCCn3ccc(=O)c(O)c3C)oc12. The van der Waals surface area contributed by atoms with Gasteiger partial charge in [0.2, 0.25) is 5.43 Å². The molecule has 130 valence electrons. The summed E-state index contributed by atoms with van der Waals surface area (Å²) >= 11 is 0. The van der Waals surface area contributed by atoms with Gasteiger partial charge in [-0.2, -0.15) is 0 Å². The largest absolute Gasteiger partial charge is 0.503 e. The van der Waals surface area contributed by atoms with Crippen molar-refractivity contribution in [2.24, 2.45) is 0 Å². The van der Waals surface area contributed by atoms with Gasteiger partial charge in [-0.3, -0.25) is 9.59 Å². The standard InChI is InChI=1S/C18H18N2O5/c1-11-16(22)13(21)6-8-20(11)9-7-19-18(23)15-10-12-4-3-5-14(24-2)17(12)25-15/h3-6,8,10,22H,7,9H2,1-2H3,(H,19,23). The molecule has 0 saturated heterocycles. The molecule has 0 aliphatic rings. The lowest BCUT2D eigenvalue weighted by Gasteiger charge is -2.11. The molecule has 2 heterocycles. The van der Waals surface area contributed by atoms with Gasteiger partial charge in [0.25, 0.3) is 5.91 Å². The highest BCUT2D eigenvalue weighted by molar-refractivity contribution is 5.97. The molecule has 0 bridgehead atoms. The van der Waals surface area contributed by atoms with Crippen molar-refractivity contribution in [3.05, 3.63) is 58.2 Å². The fraction of sp³-hybridized carbons (Fsp3) is 0.222. The Hall–Kier alpha value is -3.22. The molecule has 25 heavy (non-hydrogen) atoms. The molecule has 0 saturated carbocycles. The minimum atomic E-state index is -0.422. The van der Waals surface area contributed by atoms with Gasteiger partial charge in [-0.15, -0.1) is 0 Å². The average molecular weight is 342 g/mol. The number of pyridine rings is 1. The second-order valence-corrected chi connectivity index (χ2v) is 5.55. The minimum absolute atomic E-state index is 0.193. The molecule has 0 unspecified atom stereocenters. The molecule has 0 aliphatic heterocycles. The number of ether oxygens (including phenoxy) is 1. The van der Waals surface area contributed by atoms with Gasteiger partial charge in [-0.25, -0.2) is 0 Å². The normalized spacial score (nSPS) is 10.8. The zero-order valence-electron chi connectivity index (χ0n) is 13.9. The third kappa shape index (κ3) is 3.21. The molecule has 0 aliphatic carbocycles. The van der Waals surface area contributed by atoms with E-state index in [0.717, 1.165) is 5.39 Å². The third-order valence-corrected chi connectivity index (χ3v) is 4.00. The summed E-state index contributed by atoms with van der Waals surface area (Å²) in [5, 5.41) is 13.2. The predicted octanol–water partition coefficient (Wildman–Crippen LogP) is 2.05. The first-order valence-electron chi connectivity index (χ1n) is 7.75. The summed E-state index contributed by atoms with van der Waals surface area (Å²) in [7, 11) is 1.54. The summed E-state index contributed by atoms with van der Waals surface area (Å²) in [6.07, 6.45) is 1.58. The van der Waals surface area contributed by atoms with E-state index in [0.29, 0.717) is 30.1 Å². The van der Waals surface area contributed by atoms with E-state index in [1.165, 1.54) is 6.07 Å². The van der Waals surface area contributed by atoms with Crippen molar-refractivity contribution in [1.82, 2.24) is 9.88 Å². The number of rotatable bonds is 5. The van der Waals surface area contributed by atoms with Crippen LogP contribution in [0.25, 0.3) is 11.0 Å². The van der Waals surface area contributed by atoms with Gasteiger partial charge < -0.3 is 24.1 Å². The number of amides is 1. The number of hydrogen-bond donors (Lipinski definition) is 2. The van der Waals surface area contributed by atoms with Crippen LogP contribution in [0, 0.1) is 6.92 Å². The number of carbonyl (C=O) groups excluding carboxylic acids is 1. The van der Waals surface area contributed by atoms with Crippen LogP contribution in [0.15, 0.2) is 45.7 Å². The lowest BCUT2D eigenvalue weighted by Crippen LogP contribution is -2.27. The second kappa shape index (κ2) is 6.72. The zero-order chi connectivity index (χ0) is 18.0. The molecule has 2 N–H and O–H groups in total. The van der Waals surface area contributed by atoms with Gasteiger partial charge in [0.05, 0.1) is 12.8 Å².